The topological polar surface area (TPSA) is 96.2 Å². The molecule has 0 bridgehead atoms. The first kappa shape index (κ1) is 17.9. The molecule has 4 atom stereocenters. The number of carbonyl (C=O) groups excluding carboxylic acids is 1. The van der Waals surface area contributed by atoms with Gasteiger partial charge in [0.1, 0.15) is 6.61 Å². The predicted octanol–water partition coefficient (Wildman–Crippen LogP) is 0.743. The van der Waals surface area contributed by atoms with E-state index in [9.17, 15) is 15.0 Å². The molecule has 2 rings (SSSR count). The lowest BCUT2D eigenvalue weighted by Crippen LogP contribution is -2.55. The molecule has 1 aromatic carbocycles. The molecule has 23 heavy (non-hydrogen) atoms. The average Bonchev–Trinajstić information content (AvgIpc) is 2.57. The summed E-state index contributed by atoms with van der Waals surface area (Å²) in [7, 11) is 0. The summed E-state index contributed by atoms with van der Waals surface area (Å²) in [6.07, 6.45) is -1.19. The molecule has 1 saturated heterocycles. The van der Waals surface area contributed by atoms with Gasteiger partial charge in [0, 0.05) is 18.4 Å². The second-order valence-corrected chi connectivity index (χ2v) is 6.14. The fourth-order valence-electron chi connectivity index (χ4n) is 2.83. The highest BCUT2D eigenvalue weighted by molar-refractivity contribution is 5.89. The minimum Gasteiger partial charge on any atom is -0.459 e. The van der Waals surface area contributed by atoms with E-state index < -0.39 is 29.7 Å². The fraction of sp³-hybridized carbons (Fsp3) is 0.588. The summed E-state index contributed by atoms with van der Waals surface area (Å²) < 4.78 is 11.1. The number of aliphatic hydroxyl groups is 3. The number of carbonyl (C=O) groups is 1. The minimum atomic E-state index is -0.831. The Kier molecular flexibility index (Phi) is 6.12. The molecule has 1 heterocycles. The normalized spacial score (nSPS) is 30.9. The summed E-state index contributed by atoms with van der Waals surface area (Å²) >= 11 is 0. The van der Waals surface area contributed by atoms with Crippen molar-refractivity contribution in [3.8, 4) is 0 Å². The van der Waals surface area contributed by atoms with Gasteiger partial charge >= 0.3 is 5.97 Å². The van der Waals surface area contributed by atoms with Crippen LogP contribution in [0.2, 0.25) is 0 Å². The van der Waals surface area contributed by atoms with E-state index in [-0.39, 0.29) is 26.2 Å². The first-order chi connectivity index (χ1) is 11.0. The fourth-order valence-corrected chi connectivity index (χ4v) is 2.83. The molecule has 0 saturated carbocycles. The maximum atomic E-state index is 11.9. The van der Waals surface area contributed by atoms with Crippen molar-refractivity contribution >= 4 is 5.97 Å². The average molecular weight is 324 g/mol. The molecule has 0 radical (unpaired) electrons. The van der Waals surface area contributed by atoms with Crippen LogP contribution in [0, 0.1) is 5.41 Å². The maximum Gasteiger partial charge on any atom is 0.338 e. The van der Waals surface area contributed by atoms with Crippen molar-refractivity contribution in [1.82, 2.24) is 0 Å². The molecule has 6 heteroatoms. The summed E-state index contributed by atoms with van der Waals surface area (Å²) in [6.45, 7) is 1.40. The number of benzene rings is 1. The highest BCUT2D eigenvalue weighted by Gasteiger charge is 2.47. The molecule has 0 aromatic heterocycles. The summed E-state index contributed by atoms with van der Waals surface area (Å²) in [5, 5.41) is 29.0. The van der Waals surface area contributed by atoms with Gasteiger partial charge in [0.15, 0.2) is 0 Å². The van der Waals surface area contributed by atoms with E-state index in [4.69, 9.17) is 14.6 Å². The lowest BCUT2D eigenvalue weighted by molar-refractivity contribution is -0.204. The Hall–Kier alpha value is -1.47. The number of hydrogen-bond acceptors (Lipinski definition) is 6. The van der Waals surface area contributed by atoms with E-state index in [0.717, 1.165) is 0 Å². The molecule has 1 aliphatic heterocycles. The van der Waals surface area contributed by atoms with Crippen LogP contribution in [0.5, 0.6) is 0 Å². The molecule has 0 amide bonds. The highest BCUT2D eigenvalue weighted by atomic mass is 16.6. The molecule has 3 N–H and O–H groups in total. The van der Waals surface area contributed by atoms with Crippen molar-refractivity contribution in [1.29, 1.82) is 0 Å². The second kappa shape index (κ2) is 7.88. The molecule has 1 aliphatic rings. The van der Waals surface area contributed by atoms with Crippen molar-refractivity contribution in [2.75, 3.05) is 19.8 Å². The van der Waals surface area contributed by atoms with Gasteiger partial charge in [-0.25, -0.2) is 4.79 Å². The molecular formula is C17H24O6. The van der Waals surface area contributed by atoms with E-state index in [1.165, 1.54) is 0 Å². The van der Waals surface area contributed by atoms with Crippen molar-refractivity contribution in [2.24, 2.45) is 5.41 Å². The molecular weight excluding hydrogens is 300 g/mol. The van der Waals surface area contributed by atoms with Gasteiger partial charge in [-0.05, 0) is 18.6 Å². The van der Waals surface area contributed by atoms with E-state index in [0.29, 0.717) is 12.0 Å². The Balaban J connectivity index is 1.95. The van der Waals surface area contributed by atoms with Crippen molar-refractivity contribution in [3.05, 3.63) is 35.9 Å². The Morgan fingerprint density at radius 2 is 2.04 bits per heavy atom. The van der Waals surface area contributed by atoms with Crippen LogP contribution < -0.4 is 0 Å². The van der Waals surface area contributed by atoms with E-state index in [2.05, 4.69) is 0 Å². The van der Waals surface area contributed by atoms with Crippen LogP contribution in [-0.2, 0) is 9.47 Å². The number of ether oxygens (including phenoxy) is 2. The van der Waals surface area contributed by atoms with Gasteiger partial charge in [-0.1, -0.05) is 25.1 Å². The molecule has 0 aliphatic carbocycles. The molecule has 0 spiro atoms. The van der Waals surface area contributed by atoms with Crippen molar-refractivity contribution < 1.29 is 29.6 Å². The monoisotopic (exact) mass is 324 g/mol. The third kappa shape index (κ3) is 4.09. The SMILES string of the molecule is C[C@]1(CO)[C@@H](O)C[C@H](COC(=O)c2ccccc2)O[C@@H]1CCO. The van der Waals surface area contributed by atoms with Gasteiger partial charge in [-0.3, -0.25) is 0 Å². The van der Waals surface area contributed by atoms with Crippen LogP contribution in [0.4, 0.5) is 0 Å². The summed E-state index contributed by atoms with van der Waals surface area (Å²) in [5.41, 5.74) is -0.376. The minimum absolute atomic E-state index is 0.0220. The smallest absolute Gasteiger partial charge is 0.338 e. The lowest BCUT2D eigenvalue weighted by atomic mass is 9.74. The quantitative estimate of drug-likeness (QED) is 0.668. The maximum absolute atomic E-state index is 11.9. The van der Waals surface area contributed by atoms with Gasteiger partial charge in [0.25, 0.3) is 0 Å². The predicted molar refractivity (Wildman–Crippen MR) is 82.9 cm³/mol. The summed E-state index contributed by atoms with van der Waals surface area (Å²) in [5.74, 6) is -0.446. The summed E-state index contributed by atoms with van der Waals surface area (Å²) in [6, 6.07) is 8.64. The molecule has 1 aromatic rings. The number of rotatable bonds is 6. The van der Waals surface area contributed by atoms with Crippen molar-refractivity contribution in [3.63, 3.8) is 0 Å². The Morgan fingerprint density at radius 3 is 2.65 bits per heavy atom. The molecule has 1 fully saturated rings. The van der Waals surface area contributed by atoms with Gasteiger partial charge in [0.2, 0.25) is 0 Å². The molecule has 6 nitrogen and oxygen atoms in total. The third-order valence-electron chi connectivity index (χ3n) is 4.48. The zero-order valence-corrected chi connectivity index (χ0v) is 13.2. The van der Waals surface area contributed by atoms with Crippen molar-refractivity contribution in [2.45, 2.75) is 38.1 Å². The van der Waals surface area contributed by atoms with Crippen LogP contribution in [0.15, 0.2) is 30.3 Å². The first-order valence-corrected chi connectivity index (χ1v) is 7.78. The number of hydrogen-bond donors (Lipinski definition) is 3. The van der Waals surface area contributed by atoms with Gasteiger partial charge in [-0.2, -0.15) is 0 Å². The van der Waals surface area contributed by atoms with Crippen LogP contribution in [0.3, 0.4) is 0 Å². The van der Waals surface area contributed by atoms with E-state index in [1.807, 2.05) is 6.07 Å². The molecule has 0 unspecified atom stereocenters. The van der Waals surface area contributed by atoms with E-state index >= 15 is 0 Å². The first-order valence-electron chi connectivity index (χ1n) is 7.78. The zero-order chi connectivity index (χ0) is 16.9. The standard InChI is InChI=1S/C17H24O6/c1-17(11-19)14(20)9-13(23-15(17)7-8-18)10-22-16(21)12-5-3-2-4-6-12/h2-6,13-15,18-20H,7-11H2,1H3/t13-,14+,15-,17+/m1/s1. The Bertz CT molecular complexity index is 505. The largest absolute Gasteiger partial charge is 0.459 e. The van der Waals surface area contributed by atoms with Crippen LogP contribution in [0.1, 0.15) is 30.1 Å². The van der Waals surface area contributed by atoms with Gasteiger partial charge in [-0.15, -0.1) is 0 Å². The second-order valence-electron chi connectivity index (χ2n) is 6.14. The zero-order valence-electron chi connectivity index (χ0n) is 13.2. The van der Waals surface area contributed by atoms with Crippen LogP contribution in [-0.4, -0.2) is 59.4 Å². The number of aliphatic hydroxyl groups excluding tert-OH is 3. The Labute approximate surface area is 135 Å². The highest BCUT2D eigenvalue weighted by Crippen LogP contribution is 2.38. The summed E-state index contributed by atoms with van der Waals surface area (Å²) in [4.78, 5) is 11.9. The van der Waals surface area contributed by atoms with Crippen LogP contribution >= 0.6 is 0 Å². The van der Waals surface area contributed by atoms with E-state index in [1.54, 1.807) is 31.2 Å². The van der Waals surface area contributed by atoms with Crippen LogP contribution in [0.25, 0.3) is 0 Å². The Morgan fingerprint density at radius 1 is 1.35 bits per heavy atom. The van der Waals surface area contributed by atoms with Gasteiger partial charge in [0.05, 0.1) is 30.5 Å². The number of esters is 1. The third-order valence-corrected chi connectivity index (χ3v) is 4.48. The van der Waals surface area contributed by atoms with Gasteiger partial charge < -0.3 is 24.8 Å². The lowest BCUT2D eigenvalue weighted by Gasteiger charge is -2.46. The molecule has 128 valence electrons.